The molecule has 168 valence electrons. The molecule has 2 heterocycles. The van der Waals surface area contributed by atoms with E-state index in [1.165, 1.54) is 49.8 Å². The minimum Gasteiger partial charge on any atom is -0.313 e. The lowest BCUT2D eigenvalue weighted by Gasteiger charge is -2.38. The first-order chi connectivity index (χ1) is 14.4. The Morgan fingerprint density at radius 1 is 0.967 bits per heavy atom. The maximum Gasteiger partial charge on any atom is 0.327 e. The lowest BCUT2D eigenvalue weighted by Crippen LogP contribution is -2.52. The Hall–Kier alpha value is -1.43. The summed E-state index contributed by atoms with van der Waals surface area (Å²) in [4.78, 5) is 42.6. The molecule has 4 rings (SSSR count). The highest BCUT2D eigenvalue weighted by Gasteiger charge is 2.57. The molecule has 6 heteroatoms. The number of ketones is 1. The van der Waals surface area contributed by atoms with Crippen LogP contribution in [0.1, 0.15) is 84.0 Å². The van der Waals surface area contributed by atoms with Gasteiger partial charge in [-0.2, -0.15) is 0 Å². The number of likely N-dealkylation sites (N-methyl/N-ethyl adjacent to an activating group) is 1. The minimum absolute atomic E-state index is 0.0183. The molecule has 2 aliphatic carbocycles. The van der Waals surface area contributed by atoms with Gasteiger partial charge in [0.2, 0.25) is 0 Å². The predicted molar refractivity (Wildman–Crippen MR) is 116 cm³/mol. The van der Waals surface area contributed by atoms with Crippen LogP contribution < -0.4 is 5.32 Å². The molecule has 4 fully saturated rings. The standard InChI is InChI=1S/C24H39N3O3/c1-24(18-12-8-5-9-13-18)22(29)27(23(30)26(24)2)16-20(28)21-19(14-15-25-21)17-10-6-3-4-7-11-17/h17-19,21,25H,3-16H2,1-2H3. The van der Waals surface area contributed by atoms with Crippen LogP contribution in [0.25, 0.3) is 0 Å². The SMILES string of the molecule is CN1C(=O)N(CC(=O)C2NCCC2C2CCCCCC2)C(=O)C1(C)C1CCCCC1. The number of nitrogens with one attached hydrogen (secondary N) is 1. The number of hydrogen-bond acceptors (Lipinski definition) is 4. The van der Waals surface area contributed by atoms with E-state index in [2.05, 4.69) is 5.32 Å². The van der Waals surface area contributed by atoms with E-state index in [-0.39, 0.29) is 36.2 Å². The highest BCUT2D eigenvalue weighted by atomic mass is 16.2. The van der Waals surface area contributed by atoms with Crippen molar-refractivity contribution in [3.05, 3.63) is 0 Å². The average molecular weight is 418 g/mol. The molecule has 30 heavy (non-hydrogen) atoms. The summed E-state index contributed by atoms with van der Waals surface area (Å²) >= 11 is 0. The molecular formula is C24H39N3O3. The van der Waals surface area contributed by atoms with Gasteiger partial charge >= 0.3 is 6.03 Å². The number of carbonyl (C=O) groups excluding carboxylic acids is 3. The Labute approximate surface area is 181 Å². The number of nitrogens with zero attached hydrogens (tertiary/aromatic N) is 2. The first kappa shape index (κ1) is 21.8. The molecule has 3 atom stereocenters. The first-order valence-electron chi connectivity index (χ1n) is 12.3. The van der Waals surface area contributed by atoms with Crippen LogP contribution in [-0.2, 0) is 9.59 Å². The maximum absolute atomic E-state index is 13.4. The number of amides is 3. The summed E-state index contributed by atoms with van der Waals surface area (Å²) in [6.07, 6.45) is 14.0. The van der Waals surface area contributed by atoms with Crippen LogP contribution in [0, 0.1) is 17.8 Å². The van der Waals surface area contributed by atoms with Crippen molar-refractivity contribution in [3.63, 3.8) is 0 Å². The van der Waals surface area contributed by atoms with E-state index in [4.69, 9.17) is 0 Å². The van der Waals surface area contributed by atoms with Gasteiger partial charge in [-0.3, -0.25) is 14.5 Å². The van der Waals surface area contributed by atoms with Gasteiger partial charge in [-0.1, -0.05) is 57.8 Å². The maximum atomic E-state index is 13.4. The lowest BCUT2D eigenvalue weighted by molar-refractivity contribution is -0.138. The van der Waals surface area contributed by atoms with E-state index in [1.54, 1.807) is 11.9 Å². The van der Waals surface area contributed by atoms with Crippen LogP contribution in [-0.4, -0.2) is 59.2 Å². The van der Waals surface area contributed by atoms with Crippen LogP contribution >= 0.6 is 0 Å². The number of imide groups is 1. The van der Waals surface area contributed by atoms with Crippen molar-refractivity contribution >= 4 is 17.7 Å². The van der Waals surface area contributed by atoms with E-state index in [1.807, 2.05) is 6.92 Å². The Balaban J connectivity index is 1.45. The Morgan fingerprint density at radius 2 is 1.57 bits per heavy atom. The summed E-state index contributed by atoms with van der Waals surface area (Å²) in [5.41, 5.74) is -0.804. The van der Waals surface area contributed by atoms with Gasteiger partial charge in [-0.25, -0.2) is 4.79 Å². The fourth-order valence-corrected chi connectivity index (χ4v) is 6.71. The number of rotatable bonds is 5. The van der Waals surface area contributed by atoms with Crippen LogP contribution in [0.5, 0.6) is 0 Å². The quantitative estimate of drug-likeness (QED) is 0.546. The van der Waals surface area contributed by atoms with Crippen molar-refractivity contribution < 1.29 is 14.4 Å². The molecule has 4 aliphatic rings. The number of hydrogen-bond donors (Lipinski definition) is 1. The molecule has 0 aromatic carbocycles. The van der Waals surface area contributed by atoms with E-state index in [0.29, 0.717) is 11.8 Å². The molecule has 1 N–H and O–H groups in total. The van der Waals surface area contributed by atoms with E-state index < -0.39 is 5.54 Å². The molecule has 0 aromatic rings. The van der Waals surface area contributed by atoms with Crippen LogP contribution in [0.4, 0.5) is 4.79 Å². The summed E-state index contributed by atoms with van der Waals surface area (Å²) in [7, 11) is 1.74. The molecule has 3 amide bonds. The molecule has 2 aliphatic heterocycles. The van der Waals surface area contributed by atoms with Crippen molar-refractivity contribution in [3.8, 4) is 0 Å². The van der Waals surface area contributed by atoms with Gasteiger partial charge in [-0.15, -0.1) is 0 Å². The molecule has 3 unspecified atom stereocenters. The van der Waals surface area contributed by atoms with Crippen molar-refractivity contribution in [1.82, 2.24) is 15.1 Å². The fourth-order valence-electron chi connectivity index (χ4n) is 6.71. The largest absolute Gasteiger partial charge is 0.327 e. The second-order valence-electron chi connectivity index (χ2n) is 10.3. The fraction of sp³-hybridized carbons (Fsp3) is 0.875. The average Bonchev–Trinajstić information content (AvgIpc) is 3.18. The van der Waals surface area contributed by atoms with Crippen molar-refractivity contribution in [2.45, 2.75) is 95.6 Å². The van der Waals surface area contributed by atoms with E-state index >= 15 is 0 Å². The summed E-state index contributed by atoms with van der Waals surface area (Å²) in [6, 6.07) is -0.508. The van der Waals surface area contributed by atoms with Gasteiger partial charge in [0, 0.05) is 7.05 Å². The molecular weight excluding hydrogens is 378 g/mol. The summed E-state index contributed by atoms with van der Waals surface area (Å²) in [5, 5.41) is 3.41. The zero-order valence-corrected chi connectivity index (χ0v) is 18.8. The highest BCUT2D eigenvalue weighted by Crippen LogP contribution is 2.41. The molecule has 6 nitrogen and oxygen atoms in total. The first-order valence-corrected chi connectivity index (χ1v) is 12.3. The second kappa shape index (κ2) is 8.97. The third kappa shape index (κ3) is 3.80. The summed E-state index contributed by atoms with van der Waals surface area (Å²) in [6.45, 7) is 2.69. The van der Waals surface area contributed by atoms with Gasteiger partial charge in [0.15, 0.2) is 5.78 Å². The van der Waals surface area contributed by atoms with E-state index in [9.17, 15) is 14.4 Å². The number of Topliss-reactive ketones (excluding diaryl/α,β-unsaturated/α-hetero) is 1. The van der Waals surface area contributed by atoms with Gasteiger partial charge in [-0.05, 0) is 50.5 Å². The molecule has 0 aromatic heterocycles. The van der Waals surface area contributed by atoms with Gasteiger partial charge in [0.05, 0.1) is 12.6 Å². The smallest absolute Gasteiger partial charge is 0.313 e. The van der Waals surface area contributed by atoms with Crippen LogP contribution in [0.2, 0.25) is 0 Å². The van der Waals surface area contributed by atoms with Gasteiger partial charge in [0.1, 0.15) is 5.54 Å². The predicted octanol–water partition coefficient (Wildman–Crippen LogP) is 3.74. The minimum atomic E-state index is -0.804. The topological polar surface area (TPSA) is 69.7 Å². The van der Waals surface area contributed by atoms with Crippen molar-refractivity contribution in [1.29, 1.82) is 0 Å². The third-order valence-corrected chi connectivity index (χ3v) is 8.73. The summed E-state index contributed by atoms with van der Waals surface area (Å²) in [5.74, 6) is 0.989. The molecule has 2 saturated carbocycles. The number of urea groups is 1. The Morgan fingerprint density at radius 3 is 2.23 bits per heavy atom. The second-order valence-corrected chi connectivity index (χ2v) is 10.3. The van der Waals surface area contributed by atoms with Crippen molar-refractivity contribution in [2.75, 3.05) is 20.1 Å². The molecule has 0 spiro atoms. The van der Waals surface area contributed by atoms with Gasteiger partial charge in [0.25, 0.3) is 5.91 Å². The van der Waals surface area contributed by atoms with Crippen LogP contribution in [0.3, 0.4) is 0 Å². The van der Waals surface area contributed by atoms with E-state index in [0.717, 1.165) is 38.6 Å². The van der Waals surface area contributed by atoms with Crippen LogP contribution in [0.15, 0.2) is 0 Å². The third-order valence-electron chi connectivity index (χ3n) is 8.73. The Bertz CT molecular complexity index is 667. The monoisotopic (exact) mass is 417 g/mol. The Kier molecular flexibility index (Phi) is 6.52. The van der Waals surface area contributed by atoms with Gasteiger partial charge < -0.3 is 10.2 Å². The molecule has 2 saturated heterocycles. The number of carbonyl (C=O) groups is 3. The zero-order valence-electron chi connectivity index (χ0n) is 18.8. The highest BCUT2D eigenvalue weighted by molar-refractivity contribution is 6.09. The molecule has 0 radical (unpaired) electrons. The lowest BCUT2D eigenvalue weighted by atomic mass is 9.75. The summed E-state index contributed by atoms with van der Waals surface area (Å²) < 4.78 is 0. The zero-order chi connectivity index (χ0) is 21.3. The molecule has 0 bridgehead atoms. The normalized spacial score (nSPS) is 34.6. The van der Waals surface area contributed by atoms with Crippen molar-refractivity contribution in [2.24, 2.45) is 17.8 Å².